The lowest BCUT2D eigenvalue weighted by Gasteiger charge is -2.31. The van der Waals surface area contributed by atoms with E-state index in [1.54, 1.807) is 0 Å². The molecule has 5 heteroatoms. The van der Waals surface area contributed by atoms with Crippen LogP contribution in [0.25, 0.3) is 0 Å². The van der Waals surface area contributed by atoms with E-state index in [-0.39, 0.29) is 6.61 Å². The molecule has 20 heavy (non-hydrogen) atoms. The molecule has 1 aliphatic heterocycles. The lowest BCUT2D eigenvalue weighted by Crippen LogP contribution is -2.52. The first kappa shape index (κ1) is 15.2. The number of aliphatic hydroxyl groups is 2. The normalized spacial score (nSPS) is 33.2. The highest BCUT2D eigenvalue weighted by Gasteiger charge is 2.53. The van der Waals surface area contributed by atoms with Gasteiger partial charge in [0.1, 0.15) is 12.2 Å². The predicted molar refractivity (Wildman–Crippen MR) is 75.0 cm³/mol. The van der Waals surface area contributed by atoms with Gasteiger partial charge in [-0.25, -0.2) is 0 Å². The summed E-state index contributed by atoms with van der Waals surface area (Å²) in [6.45, 7) is 4.00. The summed E-state index contributed by atoms with van der Waals surface area (Å²) in [5, 5.41) is 22.7. The highest BCUT2D eigenvalue weighted by atomic mass is 16.7. The molecule has 4 atom stereocenters. The van der Waals surface area contributed by atoms with Gasteiger partial charge in [-0.15, -0.1) is 0 Å². The standard InChI is InChI=1S/C15H21NO4/c1-3-15(19-2)14(13(18)12(10-17)20-15)16-9-11-7-5-4-6-8-11/h3-8,12-14,16-18H,1,9-10H2,2H3/t12-,13-,14-,15-/m0/s1. The van der Waals surface area contributed by atoms with Crippen LogP contribution in [0.1, 0.15) is 5.56 Å². The van der Waals surface area contributed by atoms with Gasteiger partial charge < -0.3 is 25.0 Å². The van der Waals surface area contributed by atoms with Crippen LogP contribution < -0.4 is 5.32 Å². The van der Waals surface area contributed by atoms with E-state index in [1.807, 2.05) is 30.3 Å². The molecule has 1 saturated heterocycles. The minimum absolute atomic E-state index is 0.274. The number of hydrogen-bond donors (Lipinski definition) is 3. The van der Waals surface area contributed by atoms with Crippen LogP contribution in [-0.2, 0) is 16.0 Å². The molecule has 1 aromatic carbocycles. The number of aliphatic hydroxyl groups excluding tert-OH is 2. The summed E-state index contributed by atoms with van der Waals surface area (Å²) in [6, 6.07) is 9.32. The van der Waals surface area contributed by atoms with Crippen LogP contribution in [0, 0.1) is 0 Å². The van der Waals surface area contributed by atoms with Crippen molar-refractivity contribution in [3.05, 3.63) is 48.6 Å². The van der Waals surface area contributed by atoms with Gasteiger partial charge in [-0.2, -0.15) is 0 Å². The number of nitrogens with one attached hydrogen (secondary N) is 1. The molecule has 5 nitrogen and oxygen atoms in total. The summed E-state index contributed by atoms with van der Waals surface area (Å²) in [7, 11) is 1.49. The average Bonchev–Trinajstić information content (AvgIpc) is 2.78. The van der Waals surface area contributed by atoms with E-state index >= 15 is 0 Å². The second-order valence-corrected chi connectivity index (χ2v) is 4.80. The maximum atomic E-state index is 10.2. The van der Waals surface area contributed by atoms with Crippen molar-refractivity contribution < 1.29 is 19.7 Å². The number of rotatable bonds is 6. The first-order chi connectivity index (χ1) is 9.66. The van der Waals surface area contributed by atoms with Crippen molar-refractivity contribution in [3.63, 3.8) is 0 Å². The first-order valence-corrected chi connectivity index (χ1v) is 6.59. The largest absolute Gasteiger partial charge is 0.394 e. The Balaban J connectivity index is 2.12. The van der Waals surface area contributed by atoms with E-state index < -0.39 is 24.0 Å². The summed E-state index contributed by atoms with van der Waals surface area (Å²) < 4.78 is 11.0. The van der Waals surface area contributed by atoms with Crippen LogP contribution in [-0.4, -0.2) is 48.0 Å². The van der Waals surface area contributed by atoms with Crippen LogP contribution in [0.15, 0.2) is 43.0 Å². The van der Waals surface area contributed by atoms with Crippen molar-refractivity contribution in [3.8, 4) is 0 Å². The molecule has 1 aliphatic rings. The zero-order chi connectivity index (χ0) is 14.6. The van der Waals surface area contributed by atoms with Gasteiger partial charge >= 0.3 is 0 Å². The van der Waals surface area contributed by atoms with Crippen LogP contribution in [0.2, 0.25) is 0 Å². The lowest BCUT2D eigenvalue weighted by molar-refractivity contribution is -0.192. The van der Waals surface area contributed by atoms with Crippen LogP contribution in [0.4, 0.5) is 0 Å². The summed E-state index contributed by atoms with van der Waals surface area (Å²) in [5.74, 6) is -1.14. The molecular formula is C15H21NO4. The molecule has 0 spiro atoms. The van der Waals surface area contributed by atoms with E-state index in [1.165, 1.54) is 13.2 Å². The van der Waals surface area contributed by atoms with Crippen molar-refractivity contribution in [1.82, 2.24) is 5.32 Å². The summed E-state index contributed by atoms with van der Waals surface area (Å²) in [6.07, 6.45) is -0.0583. The third-order valence-corrected chi connectivity index (χ3v) is 3.64. The summed E-state index contributed by atoms with van der Waals surface area (Å²) >= 11 is 0. The smallest absolute Gasteiger partial charge is 0.206 e. The molecule has 1 fully saturated rings. The van der Waals surface area contributed by atoms with E-state index in [9.17, 15) is 10.2 Å². The monoisotopic (exact) mass is 279 g/mol. The Kier molecular flexibility index (Phi) is 4.91. The molecule has 0 unspecified atom stereocenters. The predicted octanol–water partition coefficient (Wildman–Crippen LogP) is 0.425. The van der Waals surface area contributed by atoms with Crippen LogP contribution in [0.5, 0.6) is 0 Å². The second kappa shape index (κ2) is 6.47. The van der Waals surface area contributed by atoms with Crippen molar-refractivity contribution in [2.75, 3.05) is 13.7 Å². The van der Waals surface area contributed by atoms with Crippen LogP contribution >= 0.6 is 0 Å². The third-order valence-electron chi connectivity index (χ3n) is 3.64. The van der Waals surface area contributed by atoms with Gasteiger partial charge in [-0.1, -0.05) is 36.9 Å². The molecular weight excluding hydrogens is 258 g/mol. The molecule has 0 aromatic heterocycles. The van der Waals surface area contributed by atoms with Gasteiger partial charge in [-0.05, 0) is 11.6 Å². The number of methoxy groups -OCH3 is 1. The molecule has 2 rings (SSSR count). The maximum absolute atomic E-state index is 10.2. The van der Waals surface area contributed by atoms with E-state index in [0.717, 1.165) is 5.56 Å². The SMILES string of the molecule is C=C[C@]1(OC)O[C@@H](CO)[C@H](O)[C@@H]1NCc1ccccc1. The van der Waals surface area contributed by atoms with Crippen molar-refractivity contribution in [1.29, 1.82) is 0 Å². The second-order valence-electron chi connectivity index (χ2n) is 4.80. The number of hydrogen-bond acceptors (Lipinski definition) is 5. The van der Waals surface area contributed by atoms with Gasteiger partial charge in [0.2, 0.25) is 5.79 Å². The Morgan fingerprint density at radius 3 is 2.70 bits per heavy atom. The van der Waals surface area contributed by atoms with Gasteiger partial charge in [-0.3, -0.25) is 0 Å². The Labute approximate surface area is 118 Å². The molecule has 0 radical (unpaired) electrons. The molecule has 0 bridgehead atoms. The molecule has 1 aromatic rings. The zero-order valence-electron chi connectivity index (χ0n) is 11.5. The Bertz CT molecular complexity index is 439. The Hall–Kier alpha value is -1.24. The van der Waals surface area contributed by atoms with Crippen molar-refractivity contribution >= 4 is 0 Å². The fourth-order valence-corrected chi connectivity index (χ4v) is 2.50. The fraction of sp³-hybridized carbons (Fsp3) is 0.467. The molecule has 110 valence electrons. The number of ether oxygens (including phenoxy) is 2. The van der Waals surface area contributed by atoms with Crippen molar-refractivity contribution in [2.45, 2.75) is 30.6 Å². The highest BCUT2D eigenvalue weighted by molar-refractivity contribution is 5.16. The average molecular weight is 279 g/mol. The molecule has 0 aliphatic carbocycles. The topological polar surface area (TPSA) is 71.0 Å². The minimum atomic E-state index is -1.14. The fourth-order valence-electron chi connectivity index (χ4n) is 2.50. The molecule has 3 N–H and O–H groups in total. The van der Waals surface area contributed by atoms with Gasteiger partial charge in [0, 0.05) is 13.7 Å². The minimum Gasteiger partial charge on any atom is -0.394 e. The number of benzene rings is 1. The van der Waals surface area contributed by atoms with Gasteiger partial charge in [0.15, 0.2) is 0 Å². The summed E-state index contributed by atoms with van der Waals surface area (Å²) in [5.41, 5.74) is 1.08. The third kappa shape index (κ3) is 2.77. The van der Waals surface area contributed by atoms with Gasteiger partial charge in [0.05, 0.1) is 12.6 Å². The highest BCUT2D eigenvalue weighted by Crippen LogP contribution is 2.33. The van der Waals surface area contributed by atoms with E-state index in [0.29, 0.717) is 6.54 Å². The van der Waals surface area contributed by atoms with E-state index in [2.05, 4.69) is 11.9 Å². The Morgan fingerprint density at radius 1 is 1.45 bits per heavy atom. The molecule has 0 amide bonds. The lowest BCUT2D eigenvalue weighted by atomic mass is 10.0. The quantitative estimate of drug-likeness (QED) is 0.659. The first-order valence-electron chi connectivity index (χ1n) is 6.59. The molecule has 0 saturated carbocycles. The Morgan fingerprint density at radius 2 is 2.15 bits per heavy atom. The summed E-state index contributed by atoms with van der Waals surface area (Å²) in [4.78, 5) is 0. The molecule has 1 heterocycles. The zero-order valence-corrected chi connectivity index (χ0v) is 11.5. The maximum Gasteiger partial charge on any atom is 0.206 e. The van der Waals surface area contributed by atoms with Crippen molar-refractivity contribution in [2.24, 2.45) is 0 Å². The van der Waals surface area contributed by atoms with E-state index in [4.69, 9.17) is 9.47 Å². The van der Waals surface area contributed by atoms with Crippen LogP contribution in [0.3, 0.4) is 0 Å². The van der Waals surface area contributed by atoms with Gasteiger partial charge in [0.25, 0.3) is 0 Å².